The first-order chi connectivity index (χ1) is 6.42. The molecule has 0 aliphatic carbocycles. The Balaban J connectivity index is 2.70. The van der Waals surface area contributed by atoms with Crippen LogP contribution in [-0.2, 0) is 11.3 Å². The second kappa shape index (κ2) is 3.79. The lowest BCUT2D eigenvalue weighted by Gasteiger charge is -2.18. The van der Waals surface area contributed by atoms with Crippen LogP contribution in [0.4, 0.5) is 0 Å². The van der Waals surface area contributed by atoms with E-state index in [0.29, 0.717) is 12.2 Å². The zero-order valence-corrected chi connectivity index (χ0v) is 8.63. The van der Waals surface area contributed by atoms with E-state index in [2.05, 4.69) is 9.97 Å². The highest BCUT2D eigenvalue weighted by molar-refractivity contribution is 5.85. The van der Waals surface area contributed by atoms with Crippen LogP contribution >= 0.6 is 0 Å². The molecule has 0 bridgehead atoms. The maximum absolute atomic E-state index is 11.4. The lowest BCUT2D eigenvalue weighted by atomic mass is 10.2. The fourth-order valence-corrected chi connectivity index (χ4v) is 0.893. The van der Waals surface area contributed by atoms with Gasteiger partial charge in [-0.25, -0.2) is 9.78 Å². The van der Waals surface area contributed by atoms with E-state index < -0.39 is 11.6 Å². The molecule has 1 rings (SSSR count). The summed E-state index contributed by atoms with van der Waals surface area (Å²) in [5, 5.41) is 0. The summed E-state index contributed by atoms with van der Waals surface area (Å²) < 4.78 is 5.11. The number of aromatic amines is 1. The number of aromatic nitrogens is 2. The van der Waals surface area contributed by atoms with Crippen molar-refractivity contribution in [3.63, 3.8) is 0 Å². The summed E-state index contributed by atoms with van der Waals surface area (Å²) in [4.78, 5) is 18.1. The molecule has 14 heavy (non-hydrogen) atoms. The molecule has 1 aromatic heterocycles. The highest BCUT2D eigenvalue weighted by Crippen LogP contribution is 2.10. The van der Waals surface area contributed by atoms with E-state index in [1.807, 2.05) is 0 Å². The topological polar surface area (TPSA) is 81.0 Å². The van der Waals surface area contributed by atoms with Crippen LogP contribution < -0.4 is 5.73 Å². The molecule has 0 aliphatic heterocycles. The molecule has 78 valence electrons. The number of H-pyrrole nitrogens is 1. The zero-order chi connectivity index (χ0) is 10.8. The van der Waals surface area contributed by atoms with Gasteiger partial charge < -0.3 is 15.5 Å². The van der Waals surface area contributed by atoms with E-state index in [0.717, 1.165) is 0 Å². The summed E-state index contributed by atoms with van der Waals surface area (Å²) in [6.07, 6.45) is 1.53. The monoisotopic (exact) mass is 197 g/mol. The third-order valence-electron chi connectivity index (χ3n) is 1.44. The normalized spacial score (nSPS) is 11.4. The summed E-state index contributed by atoms with van der Waals surface area (Å²) in [6.45, 7) is 5.74. The van der Waals surface area contributed by atoms with Crippen molar-refractivity contribution in [3.8, 4) is 0 Å². The molecule has 1 heterocycles. The largest absolute Gasteiger partial charge is 0.454 e. The van der Waals surface area contributed by atoms with E-state index >= 15 is 0 Å². The summed E-state index contributed by atoms with van der Waals surface area (Å²) in [5.74, 6) is -0.266. The molecule has 0 amide bonds. The SMILES string of the molecule is CC(C)(C)OC(=O)c1ncc(CN)[nH]1. The van der Waals surface area contributed by atoms with Crippen LogP contribution in [0.2, 0.25) is 0 Å². The number of esters is 1. The predicted octanol–water partition coefficient (Wildman–Crippen LogP) is 0.824. The average molecular weight is 197 g/mol. The van der Waals surface area contributed by atoms with Gasteiger partial charge in [-0.3, -0.25) is 0 Å². The number of nitrogens with two attached hydrogens (primary N) is 1. The third kappa shape index (κ3) is 2.85. The standard InChI is InChI=1S/C9H15N3O2/c1-9(2,3)14-8(13)7-11-5-6(4-10)12-7/h5H,4,10H2,1-3H3,(H,11,12). The second-order valence-corrected chi connectivity index (χ2v) is 3.96. The quantitative estimate of drug-likeness (QED) is 0.688. The minimum Gasteiger partial charge on any atom is -0.454 e. The first-order valence-electron chi connectivity index (χ1n) is 4.39. The molecule has 0 aromatic carbocycles. The molecule has 3 N–H and O–H groups in total. The first-order valence-corrected chi connectivity index (χ1v) is 4.39. The molecular weight excluding hydrogens is 182 g/mol. The van der Waals surface area contributed by atoms with Gasteiger partial charge in [-0.2, -0.15) is 0 Å². The highest BCUT2D eigenvalue weighted by atomic mass is 16.6. The Labute approximate surface area is 82.7 Å². The van der Waals surface area contributed by atoms with Crippen molar-refractivity contribution in [1.82, 2.24) is 9.97 Å². The summed E-state index contributed by atoms with van der Waals surface area (Å²) in [7, 11) is 0. The molecule has 0 spiro atoms. The van der Waals surface area contributed by atoms with Crippen LogP contribution in [0.25, 0.3) is 0 Å². The number of nitrogens with zero attached hydrogens (tertiary/aromatic N) is 1. The summed E-state index contributed by atoms with van der Waals surface area (Å²) in [5.41, 5.74) is 5.57. The fourth-order valence-electron chi connectivity index (χ4n) is 0.893. The summed E-state index contributed by atoms with van der Waals surface area (Å²) in [6, 6.07) is 0. The molecule has 0 saturated carbocycles. The first kappa shape index (κ1) is 10.7. The maximum atomic E-state index is 11.4. The lowest BCUT2D eigenvalue weighted by Crippen LogP contribution is -2.24. The second-order valence-electron chi connectivity index (χ2n) is 3.96. The lowest BCUT2D eigenvalue weighted by molar-refractivity contribution is 0.00567. The Morgan fingerprint density at radius 1 is 1.64 bits per heavy atom. The van der Waals surface area contributed by atoms with Crippen LogP contribution in [0.15, 0.2) is 6.20 Å². The Morgan fingerprint density at radius 2 is 2.29 bits per heavy atom. The predicted molar refractivity (Wildman–Crippen MR) is 51.6 cm³/mol. The molecule has 0 fully saturated rings. The van der Waals surface area contributed by atoms with Crippen molar-refractivity contribution in [2.75, 3.05) is 0 Å². The Hall–Kier alpha value is -1.36. The van der Waals surface area contributed by atoms with E-state index in [-0.39, 0.29) is 5.82 Å². The third-order valence-corrected chi connectivity index (χ3v) is 1.44. The van der Waals surface area contributed by atoms with Gasteiger partial charge in [0.25, 0.3) is 0 Å². The number of carbonyl (C=O) groups excluding carboxylic acids is 1. The van der Waals surface area contributed by atoms with Crippen molar-refractivity contribution in [3.05, 3.63) is 17.7 Å². The van der Waals surface area contributed by atoms with Gasteiger partial charge in [0.2, 0.25) is 5.82 Å². The van der Waals surface area contributed by atoms with Crippen molar-refractivity contribution in [2.24, 2.45) is 5.73 Å². The molecule has 1 aromatic rings. The smallest absolute Gasteiger partial charge is 0.374 e. The Morgan fingerprint density at radius 3 is 2.71 bits per heavy atom. The summed E-state index contributed by atoms with van der Waals surface area (Å²) >= 11 is 0. The van der Waals surface area contributed by atoms with Crippen LogP contribution in [-0.4, -0.2) is 21.5 Å². The number of nitrogens with one attached hydrogen (secondary N) is 1. The van der Waals surface area contributed by atoms with Gasteiger partial charge in [0, 0.05) is 12.2 Å². The van der Waals surface area contributed by atoms with Crippen molar-refractivity contribution in [1.29, 1.82) is 0 Å². The van der Waals surface area contributed by atoms with Gasteiger partial charge in [0.05, 0.1) is 6.20 Å². The molecule has 5 nitrogen and oxygen atoms in total. The Kier molecular flexibility index (Phi) is 2.90. The Bertz CT molecular complexity index is 325. The van der Waals surface area contributed by atoms with Crippen molar-refractivity contribution < 1.29 is 9.53 Å². The molecule has 5 heteroatoms. The van der Waals surface area contributed by atoms with Crippen LogP contribution in [0.1, 0.15) is 37.1 Å². The number of carbonyl (C=O) groups is 1. The number of hydrogen-bond acceptors (Lipinski definition) is 4. The molecule has 0 radical (unpaired) electrons. The van der Waals surface area contributed by atoms with Gasteiger partial charge in [0.15, 0.2) is 0 Å². The van der Waals surface area contributed by atoms with Gasteiger partial charge in [-0.05, 0) is 20.8 Å². The molecular formula is C9H15N3O2. The van der Waals surface area contributed by atoms with E-state index in [9.17, 15) is 4.79 Å². The molecule has 0 aliphatic rings. The van der Waals surface area contributed by atoms with Crippen molar-refractivity contribution >= 4 is 5.97 Å². The zero-order valence-electron chi connectivity index (χ0n) is 8.63. The minimum absolute atomic E-state index is 0.195. The fraction of sp³-hybridized carbons (Fsp3) is 0.556. The maximum Gasteiger partial charge on any atom is 0.374 e. The number of hydrogen-bond donors (Lipinski definition) is 2. The molecule has 0 unspecified atom stereocenters. The highest BCUT2D eigenvalue weighted by Gasteiger charge is 2.19. The van der Waals surface area contributed by atoms with E-state index in [1.165, 1.54) is 6.20 Å². The van der Waals surface area contributed by atoms with Gasteiger partial charge in [0.1, 0.15) is 5.60 Å². The average Bonchev–Trinajstić information content (AvgIpc) is 2.48. The number of rotatable bonds is 2. The number of imidazole rings is 1. The van der Waals surface area contributed by atoms with Crippen LogP contribution in [0, 0.1) is 0 Å². The molecule has 0 saturated heterocycles. The van der Waals surface area contributed by atoms with Crippen molar-refractivity contribution in [2.45, 2.75) is 32.9 Å². The molecule has 0 atom stereocenters. The van der Waals surface area contributed by atoms with E-state index in [1.54, 1.807) is 20.8 Å². The number of ether oxygens (including phenoxy) is 1. The van der Waals surface area contributed by atoms with Gasteiger partial charge >= 0.3 is 5.97 Å². The van der Waals surface area contributed by atoms with Gasteiger partial charge in [-0.1, -0.05) is 0 Å². The van der Waals surface area contributed by atoms with Crippen LogP contribution in [0.5, 0.6) is 0 Å². The van der Waals surface area contributed by atoms with E-state index in [4.69, 9.17) is 10.5 Å². The van der Waals surface area contributed by atoms with Gasteiger partial charge in [-0.15, -0.1) is 0 Å². The van der Waals surface area contributed by atoms with Crippen LogP contribution in [0.3, 0.4) is 0 Å². The minimum atomic E-state index is -0.507.